The van der Waals surface area contributed by atoms with Crippen LogP contribution in [0.25, 0.3) is 0 Å². The standard InChI is InChI=1S/C12H17BrN2O/c1-9(2)11(5-6-13)15-12(16)10-4-3-7-14-8-10/h3-4,7-9,11H,5-6H2,1-2H3,(H,15,16). The Bertz CT molecular complexity index is 327. The third kappa shape index (κ3) is 3.93. The van der Waals surface area contributed by atoms with Gasteiger partial charge in [-0.1, -0.05) is 29.8 Å². The van der Waals surface area contributed by atoms with Gasteiger partial charge in [0.2, 0.25) is 0 Å². The van der Waals surface area contributed by atoms with E-state index in [0.29, 0.717) is 11.5 Å². The van der Waals surface area contributed by atoms with Gasteiger partial charge in [-0.05, 0) is 24.5 Å². The molecule has 0 fully saturated rings. The molecule has 0 spiro atoms. The lowest BCUT2D eigenvalue weighted by Gasteiger charge is -2.21. The Labute approximate surface area is 105 Å². The maximum absolute atomic E-state index is 11.9. The number of amides is 1. The molecule has 0 aliphatic rings. The van der Waals surface area contributed by atoms with Gasteiger partial charge in [-0.3, -0.25) is 9.78 Å². The number of hydrogen-bond acceptors (Lipinski definition) is 2. The normalized spacial score (nSPS) is 12.5. The van der Waals surface area contributed by atoms with E-state index in [1.54, 1.807) is 24.5 Å². The van der Waals surface area contributed by atoms with E-state index in [2.05, 4.69) is 40.1 Å². The number of halogens is 1. The molecule has 1 N–H and O–H groups in total. The summed E-state index contributed by atoms with van der Waals surface area (Å²) in [5.74, 6) is 0.380. The van der Waals surface area contributed by atoms with Crippen molar-refractivity contribution >= 4 is 21.8 Å². The Morgan fingerprint density at radius 1 is 1.56 bits per heavy atom. The predicted octanol–water partition coefficient (Wildman–Crippen LogP) is 2.62. The molecular weight excluding hydrogens is 268 g/mol. The molecule has 88 valence electrons. The Kier molecular flexibility index (Phi) is 5.46. The summed E-state index contributed by atoms with van der Waals surface area (Å²) in [4.78, 5) is 15.8. The van der Waals surface area contributed by atoms with Gasteiger partial charge in [0, 0.05) is 23.8 Å². The Balaban J connectivity index is 2.62. The van der Waals surface area contributed by atoms with Gasteiger partial charge >= 0.3 is 0 Å². The molecule has 0 bridgehead atoms. The van der Waals surface area contributed by atoms with E-state index in [4.69, 9.17) is 0 Å². The van der Waals surface area contributed by atoms with Crippen molar-refractivity contribution < 1.29 is 4.79 Å². The largest absolute Gasteiger partial charge is 0.349 e. The van der Waals surface area contributed by atoms with Crippen molar-refractivity contribution in [2.24, 2.45) is 5.92 Å². The van der Waals surface area contributed by atoms with Crippen LogP contribution in [0, 0.1) is 5.92 Å². The molecule has 3 nitrogen and oxygen atoms in total. The van der Waals surface area contributed by atoms with E-state index >= 15 is 0 Å². The number of nitrogens with one attached hydrogen (secondary N) is 1. The molecule has 0 saturated heterocycles. The molecule has 0 aliphatic carbocycles. The SMILES string of the molecule is CC(C)C(CCBr)NC(=O)c1cccnc1. The first-order chi connectivity index (χ1) is 7.65. The van der Waals surface area contributed by atoms with Crippen molar-refractivity contribution in [1.82, 2.24) is 10.3 Å². The molecule has 0 saturated carbocycles. The summed E-state index contributed by atoms with van der Waals surface area (Å²) in [6, 6.07) is 3.74. The van der Waals surface area contributed by atoms with E-state index < -0.39 is 0 Å². The predicted molar refractivity (Wildman–Crippen MR) is 68.7 cm³/mol. The minimum absolute atomic E-state index is 0.0484. The average Bonchev–Trinajstić information content (AvgIpc) is 2.29. The molecule has 1 aromatic heterocycles. The first-order valence-corrected chi connectivity index (χ1v) is 6.54. The van der Waals surface area contributed by atoms with E-state index in [9.17, 15) is 4.79 Å². The zero-order valence-corrected chi connectivity index (χ0v) is 11.2. The summed E-state index contributed by atoms with van der Waals surface area (Å²) in [5.41, 5.74) is 0.614. The highest BCUT2D eigenvalue weighted by Gasteiger charge is 2.16. The number of carbonyl (C=O) groups is 1. The van der Waals surface area contributed by atoms with Gasteiger partial charge in [0.15, 0.2) is 0 Å². The van der Waals surface area contributed by atoms with Crippen LogP contribution < -0.4 is 5.32 Å². The molecule has 1 aromatic rings. The second-order valence-corrected chi connectivity index (χ2v) is 4.84. The number of nitrogens with zero attached hydrogens (tertiary/aromatic N) is 1. The van der Waals surface area contributed by atoms with Gasteiger partial charge in [0.05, 0.1) is 5.56 Å². The molecular formula is C12H17BrN2O. The summed E-state index contributed by atoms with van der Waals surface area (Å²) in [6.45, 7) is 4.22. The average molecular weight is 285 g/mol. The lowest BCUT2D eigenvalue weighted by atomic mass is 10.0. The van der Waals surface area contributed by atoms with E-state index in [1.807, 2.05) is 0 Å². The number of alkyl halides is 1. The summed E-state index contributed by atoms with van der Waals surface area (Å²) >= 11 is 3.40. The summed E-state index contributed by atoms with van der Waals surface area (Å²) in [7, 11) is 0. The topological polar surface area (TPSA) is 42.0 Å². The summed E-state index contributed by atoms with van der Waals surface area (Å²) < 4.78 is 0. The second kappa shape index (κ2) is 6.63. The monoisotopic (exact) mass is 284 g/mol. The Morgan fingerprint density at radius 2 is 2.31 bits per heavy atom. The minimum Gasteiger partial charge on any atom is -0.349 e. The molecule has 0 aliphatic heterocycles. The molecule has 1 amide bonds. The minimum atomic E-state index is -0.0484. The lowest BCUT2D eigenvalue weighted by molar-refractivity contribution is 0.0924. The van der Waals surface area contributed by atoms with Crippen molar-refractivity contribution in [1.29, 1.82) is 0 Å². The van der Waals surface area contributed by atoms with Crippen LogP contribution in [0.4, 0.5) is 0 Å². The number of pyridine rings is 1. The highest BCUT2D eigenvalue weighted by Crippen LogP contribution is 2.09. The maximum Gasteiger partial charge on any atom is 0.253 e. The van der Waals surface area contributed by atoms with Gasteiger partial charge < -0.3 is 5.32 Å². The van der Waals surface area contributed by atoms with Crippen molar-refractivity contribution in [3.63, 3.8) is 0 Å². The third-order valence-electron chi connectivity index (χ3n) is 2.47. The first-order valence-electron chi connectivity index (χ1n) is 5.42. The van der Waals surface area contributed by atoms with Crippen LogP contribution in [0.5, 0.6) is 0 Å². The number of aromatic nitrogens is 1. The number of rotatable bonds is 5. The van der Waals surface area contributed by atoms with Crippen molar-refractivity contribution in [2.75, 3.05) is 5.33 Å². The van der Waals surface area contributed by atoms with Crippen molar-refractivity contribution in [2.45, 2.75) is 26.3 Å². The Morgan fingerprint density at radius 3 is 2.81 bits per heavy atom. The molecule has 4 heteroatoms. The zero-order chi connectivity index (χ0) is 12.0. The van der Waals surface area contributed by atoms with Gasteiger partial charge in [-0.25, -0.2) is 0 Å². The van der Waals surface area contributed by atoms with Crippen LogP contribution in [-0.2, 0) is 0 Å². The second-order valence-electron chi connectivity index (χ2n) is 4.04. The maximum atomic E-state index is 11.9. The molecule has 1 atom stereocenters. The fourth-order valence-electron chi connectivity index (χ4n) is 1.44. The van der Waals surface area contributed by atoms with E-state index in [1.165, 1.54) is 0 Å². The van der Waals surface area contributed by atoms with Crippen LogP contribution >= 0.6 is 15.9 Å². The summed E-state index contributed by atoms with van der Waals surface area (Å²) in [5, 5.41) is 3.92. The van der Waals surface area contributed by atoms with Crippen LogP contribution in [0.2, 0.25) is 0 Å². The van der Waals surface area contributed by atoms with Gasteiger partial charge in [-0.2, -0.15) is 0 Å². The van der Waals surface area contributed by atoms with Crippen LogP contribution in [0.15, 0.2) is 24.5 Å². The smallest absolute Gasteiger partial charge is 0.253 e. The lowest BCUT2D eigenvalue weighted by Crippen LogP contribution is -2.38. The fraction of sp³-hybridized carbons (Fsp3) is 0.500. The highest BCUT2D eigenvalue weighted by atomic mass is 79.9. The van der Waals surface area contributed by atoms with E-state index in [0.717, 1.165) is 11.8 Å². The van der Waals surface area contributed by atoms with Crippen LogP contribution in [0.1, 0.15) is 30.6 Å². The quantitative estimate of drug-likeness (QED) is 0.845. The van der Waals surface area contributed by atoms with Gasteiger partial charge in [0.1, 0.15) is 0 Å². The number of carbonyl (C=O) groups excluding carboxylic acids is 1. The summed E-state index contributed by atoms with van der Waals surface area (Å²) in [6.07, 6.45) is 4.18. The van der Waals surface area contributed by atoms with Crippen LogP contribution in [0.3, 0.4) is 0 Å². The van der Waals surface area contributed by atoms with Gasteiger partial charge in [-0.15, -0.1) is 0 Å². The van der Waals surface area contributed by atoms with Crippen LogP contribution in [-0.4, -0.2) is 22.3 Å². The zero-order valence-electron chi connectivity index (χ0n) is 9.61. The van der Waals surface area contributed by atoms with Crippen molar-refractivity contribution in [3.8, 4) is 0 Å². The molecule has 1 heterocycles. The molecule has 16 heavy (non-hydrogen) atoms. The molecule has 1 rings (SSSR count). The Hall–Kier alpha value is -0.900. The molecule has 0 radical (unpaired) electrons. The number of hydrogen-bond donors (Lipinski definition) is 1. The van der Waals surface area contributed by atoms with E-state index in [-0.39, 0.29) is 11.9 Å². The molecule has 0 aromatic carbocycles. The third-order valence-corrected chi connectivity index (χ3v) is 2.92. The molecule has 1 unspecified atom stereocenters. The highest BCUT2D eigenvalue weighted by molar-refractivity contribution is 9.09. The van der Waals surface area contributed by atoms with Crippen molar-refractivity contribution in [3.05, 3.63) is 30.1 Å². The fourth-order valence-corrected chi connectivity index (χ4v) is 1.93. The van der Waals surface area contributed by atoms with Gasteiger partial charge in [0.25, 0.3) is 5.91 Å². The first kappa shape index (κ1) is 13.2.